The lowest BCUT2D eigenvalue weighted by molar-refractivity contribution is 0.645. The van der Waals surface area contributed by atoms with Gasteiger partial charge in [0.2, 0.25) is 0 Å². The van der Waals surface area contributed by atoms with E-state index in [0.29, 0.717) is 0 Å². The number of aryl methyl sites for hydroxylation is 1. The number of hydrogen-bond acceptors (Lipinski definition) is 2. The van der Waals surface area contributed by atoms with Gasteiger partial charge in [0.05, 0.1) is 6.54 Å². The van der Waals surface area contributed by atoms with E-state index < -0.39 is 0 Å². The highest BCUT2D eigenvalue weighted by molar-refractivity contribution is 7.11. The Kier molecular flexibility index (Phi) is 5.70. The summed E-state index contributed by atoms with van der Waals surface area (Å²) in [5.74, 6) is 1.94. The number of nitrogens with one attached hydrogen (secondary N) is 2. The zero-order chi connectivity index (χ0) is 13.5. The fourth-order valence-electron chi connectivity index (χ4n) is 2.10. The van der Waals surface area contributed by atoms with Gasteiger partial charge < -0.3 is 10.6 Å². The van der Waals surface area contributed by atoms with Gasteiger partial charge in [0.15, 0.2) is 5.96 Å². The molecule has 0 bridgehead atoms. The molecule has 3 nitrogen and oxygen atoms in total. The minimum atomic E-state index is 0.868. The van der Waals surface area contributed by atoms with Crippen LogP contribution in [0.4, 0.5) is 0 Å². The van der Waals surface area contributed by atoms with Gasteiger partial charge in [-0.2, -0.15) is 0 Å². The first-order valence-electron chi connectivity index (χ1n) is 7.34. The van der Waals surface area contributed by atoms with E-state index in [2.05, 4.69) is 34.7 Å². The number of aliphatic imine (C=N–C) groups is 1. The van der Waals surface area contributed by atoms with Crippen LogP contribution in [0.3, 0.4) is 0 Å². The summed E-state index contributed by atoms with van der Waals surface area (Å²) < 4.78 is 0. The second-order valence-electron chi connectivity index (χ2n) is 5.16. The summed E-state index contributed by atoms with van der Waals surface area (Å²) in [7, 11) is 1.84. The van der Waals surface area contributed by atoms with E-state index in [-0.39, 0.29) is 0 Å². The molecule has 0 unspecified atom stereocenters. The molecule has 1 heterocycles. The van der Waals surface area contributed by atoms with Gasteiger partial charge in [-0.15, -0.1) is 11.3 Å². The van der Waals surface area contributed by atoms with Crippen molar-refractivity contribution in [2.45, 2.75) is 45.6 Å². The molecule has 0 atom stereocenters. The van der Waals surface area contributed by atoms with E-state index in [9.17, 15) is 0 Å². The molecule has 2 rings (SSSR count). The molecule has 1 saturated carbocycles. The Morgan fingerprint density at radius 3 is 2.74 bits per heavy atom. The molecule has 19 heavy (non-hydrogen) atoms. The number of rotatable bonds is 7. The maximum atomic E-state index is 4.26. The summed E-state index contributed by atoms with van der Waals surface area (Å²) in [6.45, 7) is 4.09. The summed E-state index contributed by atoms with van der Waals surface area (Å²) in [5.41, 5.74) is 0. The first-order valence-corrected chi connectivity index (χ1v) is 8.15. The van der Waals surface area contributed by atoms with Crippen molar-refractivity contribution in [1.29, 1.82) is 0 Å². The van der Waals surface area contributed by atoms with Crippen molar-refractivity contribution in [3.05, 3.63) is 21.9 Å². The summed E-state index contributed by atoms with van der Waals surface area (Å²) in [4.78, 5) is 7.08. The van der Waals surface area contributed by atoms with Crippen LogP contribution in [-0.2, 0) is 13.0 Å². The Morgan fingerprint density at radius 2 is 2.11 bits per heavy atom. The molecule has 0 aromatic carbocycles. The Morgan fingerprint density at radius 1 is 1.32 bits per heavy atom. The second-order valence-corrected chi connectivity index (χ2v) is 6.41. The van der Waals surface area contributed by atoms with Gasteiger partial charge in [0.25, 0.3) is 0 Å². The van der Waals surface area contributed by atoms with E-state index in [0.717, 1.165) is 31.4 Å². The smallest absolute Gasteiger partial charge is 0.191 e. The van der Waals surface area contributed by atoms with Crippen molar-refractivity contribution in [2.24, 2.45) is 10.9 Å². The van der Waals surface area contributed by atoms with E-state index in [1.54, 1.807) is 0 Å². The standard InChI is InChI=1S/C15H25N3S/c1-3-13-8-9-14(19-13)11-18-15(16-2)17-10-4-5-12-6-7-12/h8-9,12H,3-7,10-11H2,1-2H3,(H2,16,17,18). The minimum absolute atomic E-state index is 0.868. The molecule has 0 spiro atoms. The molecule has 1 aliphatic carbocycles. The fraction of sp³-hybridized carbons (Fsp3) is 0.667. The average molecular weight is 279 g/mol. The Labute approximate surface area is 120 Å². The predicted octanol–water partition coefficient (Wildman–Crippen LogP) is 3.17. The molecular weight excluding hydrogens is 254 g/mol. The monoisotopic (exact) mass is 279 g/mol. The van der Waals surface area contributed by atoms with E-state index in [4.69, 9.17) is 0 Å². The van der Waals surface area contributed by atoms with Crippen LogP contribution in [0, 0.1) is 5.92 Å². The van der Waals surface area contributed by atoms with Crippen LogP contribution in [0.25, 0.3) is 0 Å². The van der Waals surface area contributed by atoms with E-state index >= 15 is 0 Å². The first-order chi connectivity index (χ1) is 9.31. The van der Waals surface area contributed by atoms with Crippen LogP contribution in [0.15, 0.2) is 17.1 Å². The van der Waals surface area contributed by atoms with Gasteiger partial charge in [-0.25, -0.2) is 0 Å². The lowest BCUT2D eigenvalue weighted by Gasteiger charge is -2.10. The van der Waals surface area contributed by atoms with Crippen LogP contribution in [0.2, 0.25) is 0 Å². The van der Waals surface area contributed by atoms with Crippen LogP contribution in [0.1, 0.15) is 42.4 Å². The SMILES string of the molecule is CCc1ccc(CNC(=NC)NCCCC2CC2)s1. The highest BCUT2D eigenvalue weighted by atomic mass is 32.1. The topological polar surface area (TPSA) is 36.4 Å². The summed E-state index contributed by atoms with van der Waals surface area (Å²) >= 11 is 1.88. The van der Waals surface area contributed by atoms with E-state index in [1.165, 1.54) is 35.4 Å². The van der Waals surface area contributed by atoms with Gasteiger partial charge in [0, 0.05) is 23.3 Å². The van der Waals surface area contributed by atoms with Crippen molar-refractivity contribution in [3.8, 4) is 0 Å². The molecule has 1 aliphatic rings. The Hall–Kier alpha value is -1.03. The molecule has 0 radical (unpaired) electrons. The van der Waals surface area contributed by atoms with Crippen LogP contribution < -0.4 is 10.6 Å². The Balaban J connectivity index is 1.63. The normalized spacial score (nSPS) is 15.6. The molecule has 1 aromatic rings. The van der Waals surface area contributed by atoms with Gasteiger partial charge in [-0.05, 0) is 37.3 Å². The Bertz CT molecular complexity index is 407. The molecule has 4 heteroatoms. The molecule has 2 N–H and O–H groups in total. The van der Waals surface area contributed by atoms with Crippen LogP contribution >= 0.6 is 11.3 Å². The number of thiophene rings is 1. The number of hydrogen-bond donors (Lipinski definition) is 2. The van der Waals surface area contributed by atoms with Crippen LogP contribution in [0.5, 0.6) is 0 Å². The molecule has 0 amide bonds. The minimum Gasteiger partial charge on any atom is -0.356 e. The third kappa shape index (κ3) is 5.23. The third-order valence-electron chi connectivity index (χ3n) is 3.50. The first kappa shape index (κ1) is 14.4. The fourth-order valence-corrected chi connectivity index (χ4v) is 3.00. The maximum Gasteiger partial charge on any atom is 0.191 e. The van der Waals surface area contributed by atoms with Crippen molar-refractivity contribution in [3.63, 3.8) is 0 Å². The molecule has 0 aliphatic heterocycles. The predicted molar refractivity (Wildman–Crippen MR) is 83.9 cm³/mol. The average Bonchev–Trinajstić information content (AvgIpc) is 3.14. The molecular formula is C15H25N3S. The van der Waals surface area contributed by atoms with Crippen molar-refractivity contribution in [1.82, 2.24) is 10.6 Å². The van der Waals surface area contributed by atoms with Gasteiger partial charge in [-0.3, -0.25) is 4.99 Å². The molecule has 106 valence electrons. The summed E-state index contributed by atoms with van der Waals surface area (Å²) in [5, 5.41) is 6.76. The third-order valence-corrected chi connectivity index (χ3v) is 4.73. The quantitative estimate of drug-likeness (QED) is 0.457. The summed E-state index contributed by atoms with van der Waals surface area (Å²) in [6, 6.07) is 4.42. The highest BCUT2D eigenvalue weighted by Crippen LogP contribution is 2.33. The second kappa shape index (κ2) is 7.53. The lowest BCUT2D eigenvalue weighted by Crippen LogP contribution is -2.37. The molecule has 1 fully saturated rings. The highest BCUT2D eigenvalue weighted by Gasteiger charge is 2.19. The largest absolute Gasteiger partial charge is 0.356 e. The maximum absolute atomic E-state index is 4.26. The molecule has 0 saturated heterocycles. The van der Waals surface area contributed by atoms with Gasteiger partial charge in [0.1, 0.15) is 0 Å². The zero-order valence-corrected chi connectivity index (χ0v) is 12.9. The van der Waals surface area contributed by atoms with Gasteiger partial charge in [-0.1, -0.05) is 19.8 Å². The van der Waals surface area contributed by atoms with Gasteiger partial charge >= 0.3 is 0 Å². The van der Waals surface area contributed by atoms with Crippen LogP contribution in [-0.4, -0.2) is 19.6 Å². The zero-order valence-electron chi connectivity index (χ0n) is 12.0. The lowest BCUT2D eigenvalue weighted by atomic mass is 10.2. The van der Waals surface area contributed by atoms with Crippen molar-refractivity contribution < 1.29 is 0 Å². The van der Waals surface area contributed by atoms with Crippen molar-refractivity contribution >= 4 is 17.3 Å². The molecule has 1 aromatic heterocycles. The summed E-state index contributed by atoms with van der Waals surface area (Å²) in [6.07, 6.45) is 6.65. The van der Waals surface area contributed by atoms with E-state index in [1.807, 2.05) is 18.4 Å². The number of nitrogens with zero attached hydrogens (tertiary/aromatic N) is 1. The van der Waals surface area contributed by atoms with Crippen molar-refractivity contribution in [2.75, 3.05) is 13.6 Å². The number of guanidine groups is 1.